The molecule has 1 aromatic heterocycles. The first kappa shape index (κ1) is 11.2. The maximum Gasteiger partial charge on any atom is 0.130 e. The Morgan fingerprint density at radius 2 is 1.94 bits per heavy atom. The molecule has 3 nitrogen and oxygen atoms in total. The summed E-state index contributed by atoms with van der Waals surface area (Å²) >= 11 is 0. The van der Waals surface area contributed by atoms with Crippen LogP contribution in [0.1, 0.15) is 32.1 Å². The van der Waals surface area contributed by atoms with Gasteiger partial charge in [-0.3, -0.25) is 15.4 Å². The largest absolute Gasteiger partial charge is 0.291 e. The molecule has 0 bridgehead atoms. The highest BCUT2D eigenvalue weighted by Crippen LogP contribution is 2.24. The van der Waals surface area contributed by atoms with E-state index in [1.807, 2.05) is 0 Å². The molecule has 1 saturated carbocycles. The van der Waals surface area contributed by atoms with Crippen molar-refractivity contribution in [3.05, 3.63) is 23.8 Å². The lowest BCUT2D eigenvalue weighted by Gasteiger charge is -2.23. The molecule has 0 aliphatic heterocycles. The molecule has 0 spiro atoms. The van der Waals surface area contributed by atoms with Gasteiger partial charge >= 0.3 is 0 Å². The Hall–Kier alpha value is -1.32. The molecule has 0 saturated heterocycles. The van der Waals surface area contributed by atoms with E-state index in [4.69, 9.17) is 18.7 Å². The second-order valence-electron chi connectivity index (χ2n) is 4.44. The van der Waals surface area contributed by atoms with Crippen LogP contribution >= 0.6 is 0 Å². The topological polar surface area (TPSA) is 52.6 Å². The van der Waals surface area contributed by atoms with Crippen LogP contribution in [0.5, 0.6) is 0 Å². The number of nitrogens with zero attached hydrogens (tertiary/aromatic N) is 1. The summed E-state index contributed by atoms with van der Waals surface area (Å²) in [5.41, 5.74) is 0.946. The molecule has 2 radical (unpaired) electrons. The molecular weight excluding hydrogens is 197 g/mol. The summed E-state index contributed by atoms with van der Waals surface area (Å²) < 4.78 is 1.60. The molecule has 1 aliphatic rings. The van der Waals surface area contributed by atoms with Gasteiger partial charge in [0.2, 0.25) is 0 Å². The SMILES string of the molecule is [B]c1ccc(=N)n(C(=N)C2CCCCC2)c1. The Morgan fingerprint density at radius 1 is 1.25 bits per heavy atom. The first-order valence-corrected chi connectivity index (χ1v) is 5.80. The van der Waals surface area contributed by atoms with E-state index in [1.54, 1.807) is 22.9 Å². The van der Waals surface area contributed by atoms with E-state index in [0.29, 0.717) is 22.7 Å². The van der Waals surface area contributed by atoms with E-state index < -0.39 is 0 Å². The van der Waals surface area contributed by atoms with E-state index in [1.165, 1.54) is 19.3 Å². The van der Waals surface area contributed by atoms with Gasteiger partial charge < -0.3 is 0 Å². The molecule has 0 amide bonds. The molecule has 2 N–H and O–H groups in total. The third-order valence-corrected chi connectivity index (χ3v) is 3.22. The van der Waals surface area contributed by atoms with Crippen molar-refractivity contribution >= 4 is 19.1 Å². The van der Waals surface area contributed by atoms with Crippen molar-refractivity contribution in [2.24, 2.45) is 5.92 Å². The monoisotopic (exact) mass is 213 g/mol. The van der Waals surface area contributed by atoms with Crippen LogP contribution in [0.3, 0.4) is 0 Å². The first-order valence-electron chi connectivity index (χ1n) is 5.80. The van der Waals surface area contributed by atoms with E-state index in [0.717, 1.165) is 12.8 Å². The Labute approximate surface area is 96.9 Å². The molecule has 1 aliphatic carbocycles. The molecule has 1 heterocycles. The molecule has 4 heteroatoms. The van der Waals surface area contributed by atoms with Gasteiger partial charge in [-0.05, 0) is 18.9 Å². The fourth-order valence-electron chi connectivity index (χ4n) is 2.29. The van der Waals surface area contributed by atoms with Crippen LogP contribution in [0.25, 0.3) is 0 Å². The third-order valence-electron chi connectivity index (χ3n) is 3.22. The first-order chi connectivity index (χ1) is 7.68. The highest BCUT2D eigenvalue weighted by molar-refractivity contribution is 6.32. The van der Waals surface area contributed by atoms with Crippen LogP contribution in [-0.4, -0.2) is 18.2 Å². The third kappa shape index (κ3) is 2.26. The second-order valence-corrected chi connectivity index (χ2v) is 4.44. The van der Waals surface area contributed by atoms with Gasteiger partial charge in [-0.1, -0.05) is 30.8 Å². The molecule has 1 aromatic rings. The van der Waals surface area contributed by atoms with Crippen molar-refractivity contribution in [2.45, 2.75) is 32.1 Å². The van der Waals surface area contributed by atoms with E-state index in [9.17, 15) is 0 Å². The summed E-state index contributed by atoms with van der Waals surface area (Å²) in [5.74, 6) is 0.821. The quantitative estimate of drug-likeness (QED) is 0.399. The molecule has 82 valence electrons. The zero-order chi connectivity index (χ0) is 11.5. The summed E-state index contributed by atoms with van der Waals surface area (Å²) in [4.78, 5) is 0. The number of nitrogens with one attached hydrogen (secondary N) is 2. The molecular formula is C12H16BN3. The lowest BCUT2D eigenvalue weighted by atomic mass is 9.88. The highest BCUT2D eigenvalue weighted by atomic mass is 15.0. The summed E-state index contributed by atoms with van der Waals surface area (Å²) in [7, 11) is 5.69. The summed E-state index contributed by atoms with van der Waals surface area (Å²) in [6.07, 6.45) is 7.49. The minimum Gasteiger partial charge on any atom is -0.291 e. The van der Waals surface area contributed by atoms with E-state index in [-0.39, 0.29) is 0 Å². The zero-order valence-electron chi connectivity index (χ0n) is 9.37. The Balaban J connectivity index is 2.25. The van der Waals surface area contributed by atoms with Crippen molar-refractivity contribution in [3.63, 3.8) is 0 Å². The fourth-order valence-corrected chi connectivity index (χ4v) is 2.29. The minimum atomic E-state index is 0.296. The van der Waals surface area contributed by atoms with E-state index in [2.05, 4.69) is 0 Å². The number of hydrogen-bond donors (Lipinski definition) is 2. The van der Waals surface area contributed by atoms with Crippen LogP contribution in [0.15, 0.2) is 18.3 Å². The zero-order valence-corrected chi connectivity index (χ0v) is 9.37. The predicted molar refractivity (Wildman–Crippen MR) is 65.4 cm³/mol. The Kier molecular flexibility index (Phi) is 3.27. The molecule has 1 fully saturated rings. The van der Waals surface area contributed by atoms with Gasteiger partial charge in [0.15, 0.2) is 0 Å². The van der Waals surface area contributed by atoms with Crippen LogP contribution in [-0.2, 0) is 0 Å². The lowest BCUT2D eigenvalue weighted by molar-refractivity contribution is 0.431. The van der Waals surface area contributed by atoms with Crippen molar-refractivity contribution in [2.75, 3.05) is 0 Å². The Bertz CT molecular complexity index is 444. The number of hydrogen-bond acceptors (Lipinski definition) is 2. The fraction of sp³-hybridized carbons (Fsp3) is 0.500. The van der Waals surface area contributed by atoms with Crippen molar-refractivity contribution in [1.82, 2.24) is 4.57 Å². The van der Waals surface area contributed by atoms with Crippen molar-refractivity contribution in [1.29, 1.82) is 10.8 Å². The summed E-state index contributed by atoms with van der Waals surface area (Å²) in [6.45, 7) is 0. The van der Waals surface area contributed by atoms with Gasteiger partial charge in [0.1, 0.15) is 19.2 Å². The van der Waals surface area contributed by atoms with E-state index >= 15 is 0 Å². The predicted octanol–water partition coefficient (Wildman–Crippen LogP) is 1.17. The lowest BCUT2D eigenvalue weighted by Crippen LogP contribution is -2.34. The van der Waals surface area contributed by atoms with Gasteiger partial charge in [-0.25, -0.2) is 0 Å². The molecule has 0 atom stereocenters. The Morgan fingerprint density at radius 3 is 2.62 bits per heavy atom. The second kappa shape index (κ2) is 4.68. The van der Waals surface area contributed by atoms with Crippen molar-refractivity contribution in [3.8, 4) is 0 Å². The average molecular weight is 213 g/mol. The van der Waals surface area contributed by atoms with Crippen LogP contribution in [0, 0.1) is 16.7 Å². The molecule has 0 unspecified atom stereocenters. The average Bonchev–Trinajstić information content (AvgIpc) is 2.32. The maximum atomic E-state index is 8.15. The smallest absolute Gasteiger partial charge is 0.130 e. The normalized spacial score (nSPS) is 17.2. The molecule has 16 heavy (non-hydrogen) atoms. The van der Waals surface area contributed by atoms with Crippen molar-refractivity contribution < 1.29 is 0 Å². The molecule has 0 aromatic carbocycles. The van der Waals surface area contributed by atoms with Crippen LogP contribution < -0.4 is 11.0 Å². The van der Waals surface area contributed by atoms with Crippen LogP contribution in [0.2, 0.25) is 0 Å². The summed E-state index contributed by atoms with van der Waals surface area (Å²) in [5, 5.41) is 15.9. The minimum absolute atomic E-state index is 0.296. The maximum absolute atomic E-state index is 8.15. The van der Waals surface area contributed by atoms with Crippen LogP contribution in [0.4, 0.5) is 0 Å². The molecule has 2 rings (SSSR count). The highest BCUT2D eigenvalue weighted by Gasteiger charge is 2.19. The summed E-state index contributed by atoms with van der Waals surface area (Å²) in [6, 6.07) is 3.35. The van der Waals surface area contributed by atoms with Gasteiger partial charge in [0, 0.05) is 12.1 Å². The number of aromatic nitrogens is 1. The van der Waals surface area contributed by atoms with Gasteiger partial charge in [-0.15, -0.1) is 0 Å². The number of rotatable bonds is 1. The van der Waals surface area contributed by atoms with Gasteiger partial charge in [0.25, 0.3) is 0 Å². The standard InChI is InChI=1S/C12H16BN3/c13-10-6-7-11(14)16(8-10)12(15)9-4-2-1-3-5-9/h6-9,14-15H,1-5H2. The van der Waals surface area contributed by atoms with Gasteiger partial charge in [-0.2, -0.15) is 0 Å². The van der Waals surface area contributed by atoms with Gasteiger partial charge in [0.05, 0.1) is 0 Å². The number of pyridine rings is 1.